The van der Waals surface area contributed by atoms with Crippen LogP contribution in [0.5, 0.6) is 0 Å². The van der Waals surface area contributed by atoms with Gasteiger partial charge in [0.1, 0.15) is 0 Å². The molecule has 0 aliphatic heterocycles. The van der Waals surface area contributed by atoms with Gasteiger partial charge in [0.25, 0.3) is 0 Å². The second kappa shape index (κ2) is 6.60. The van der Waals surface area contributed by atoms with Crippen molar-refractivity contribution in [1.29, 1.82) is 10.7 Å². The highest BCUT2D eigenvalue weighted by atomic mass is 35.5. The first-order valence-corrected chi connectivity index (χ1v) is 2.59. The van der Waals surface area contributed by atoms with Crippen LogP contribution >= 0.6 is 24.2 Å². The fraction of sp³-hybridized carbons (Fsp3) is 0.333. The van der Waals surface area contributed by atoms with Crippen LogP contribution in [0.4, 0.5) is 0 Å². The van der Waals surface area contributed by atoms with Gasteiger partial charge in [-0.15, -0.1) is 12.4 Å². The second-order valence-corrected chi connectivity index (χ2v) is 1.83. The highest BCUT2D eigenvalue weighted by Crippen LogP contribution is 1.92. The number of thioether (sulfide) groups is 1. The third-order valence-corrected chi connectivity index (χ3v) is 0.877. The lowest BCUT2D eigenvalue weighted by Gasteiger charge is -1.84. The number of amidine groups is 1. The molecule has 0 heterocycles. The molecule has 0 amide bonds. The van der Waals surface area contributed by atoms with Gasteiger partial charge in [-0.05, 0) is 0 Å². The van der Waals surface area contributed by atoms with Crippen LogP contribution in [0.1, 0.15) is 0 Å². The van der Waals surface area contributed by atoms with Crippen molar-refractivity contribution in [3.63, 3.8) is 0 Å². The van der Waals surface area contributed by atoms with Gasteiger partial charge in [0, 0.05) is 0 Å². The first kappa shape index (κ1) is 10.6. The molecule has 0 aliphatic carbocycles. The summed E-state index contributed by atoms with van der Waals surface area (Å²) in [5.41, 5.74) is 4.87. The molecule has 0 bridgehead atoms. The van der Waals surface area contributed by atoms with E-state index in [2.05, 4.69) is 0 Å². The Morgan fingerprint density at radius 3 is 2.50 bits per heavy atom. The van der Waals surface area contributed by atoms with E-state index >= 15 is 0 Å². The van der Waals surface area contributed by atoms with Crippen LogP contribution in [0.3, 0.4) is 0 Å². The van der Waals surface area contributed by atoms with Crippen LogP contribution in [0, 0.1) is 16.7 Å². The van der Waals surface area contributed by atoms with Crippen molar-refractivity contribution in [2.24, 2.45) is 5.73 Å². The number of nitrogens with one attached hydrogen (secondary N) is 1. The molecule has 0 unspecified atom stereocenters. The summed E-state index contributed by atoms with van der Waals surface area (Å²) >= 11 is 1.03. The minimum Gasteiger partial charge on any atom is -0.379 e. The van der Waals surface area contributed by atoms with E-state index in [-0.39, 0.29) is 23.3 Å². The van der Waals surface area contributed by atoms with Crippen molar-refractivity contribution in [3.8, 4) is 6.07 Å². The molecule has 0 aromatic carbocycles. The lowest BCUT2D eigenvalue weighted by atomic mass is 10.9. The van der Waals surface area contributed by atoms with Gasteiger partial charge in [-0.2, -0.15) is 5.26 Å². The maximum absolute atomic E-state index is 7.89. The van der Waals surface area contributed by atoms with Crippen molar-refractivity contribution in [2.45, 2.75) is 0 Å². The van der Waals surface area contributed by atoms with E-state index in [1.165, 1.54) is 0 Å². The second-order valence-electron chi connectivity index (χ2n) is 0.811. The number of hydrogen-bond acceptors (Lipinski definition) is 3. The highest BCUT2D eigenvalue weighted by molar-refractivity contribution is 8.13. The normalized spacial score (nSPS) is 6.38. The lowest BCUT2D eigenvalue weighted by molar-refractivity contribution is 1.49. The summed E-state index contributed by atoms with van der Waals surface area (Å²) in [6, 6.07) is 1.84. The summed E-state index contributed by atoms with van der Waals surface area (Å²) in [7, 11) is 0. The summed E-state index contributed by atoms with van der Waals surface area (Å²) in [6.45, 7) is 0. The molecule has 3 N–H and O–H groups in total. The fourth-order valence-corrected chi connectivity index (χ4v) is 0.330. The molecule has 5 heteroatoms. The molecule has 0 radical (unpaired) electrons. The standard InChI is InChI=1S/C3H5N3S.ClH/c4-1-2-7-3(5)6;/h2H2,(H3,5,6);1H. The quantitative estimate of drug-likeness (QED) is 0.425. The van der Waals surface area contributed by atoms with Gasteiger partial charge in [-0.3, -0.25) is 5.41 Å². The first-order chi connectivity index (χ1) is 3.27. The minimum atomic E-state index is 0. The molecule has 0 aliphatic rings. The Balaban J connectivity index is 0. The maximum Gasteiger partial charge on any atom is 0.152 e. The SMILES string of the molecule is Cl.N#CCSC(=N)N. The van der Waals surface area contributed by atoms with E-state index in [1.807, 2.05) is 6.07 Å². The van der Waals surface area contributed by atoms with E-state index in [0.29, 0.717) is 0 Å². The van der Waals surface area contributed by atoms with Crippen LogP contribution in [0.2, 0.25) is 0 Å². The number of rotatable bonds is 1. The fourth-order valence-electron chi connectivity index (χ4n) is 0.110. The molecule has 0 spiro atoms. The van der Waals surface area contributed by atoms with Crippen molar-refractivity contribution in [3.05, 3.63) is 0 Å². The third-order valence-electron chi connectivity index (χ3n) is 0.292. The Morgan fingerprint density at radius 1 is 1.88 bits per heavy atom. The average molecular weight is 152 g/mol. The van der Waals surface area contributed by atoms with Crippen molar-refractivity contribution >= 4 is 29.3 Å². The summed E-state index contributed by atoms with van der Waals surface area (Å²) in [5.74, 6) is 0.273. The smallest absolute Gasteiger partial charge is 0.152 e. The van der Waals surface area contributed by atoms with Crippen molar-refractivity contribution in [1.82, 2.24) is 0 Å². The van der Waals surface area contributed by atoms with Crippen molar-refractivity contribution in [2.75, 3.05) is 5.75 Å². The molecule has 0 aromatic rings. The van der Waals surface area contributed by atoms with Gasteiger partial charge in [0.05, 0.1) is 11.8 Å². The molecule has 0 rings (SSSR count). The molecule has 0 saturated carbocycles. The summed E-state index contributed by atoms with van der Waals surface area (Å²) in [4.78, 5) is 0. The largest absolute Gasteiger partial charge is 0.379 e. The first-order valence-electron chi connectivity index (χ1n) is 1.61. The zero-order valence-corrected chi connectivity index (χ0v) is 5.68. The zero-order chi connectivity index (χ0) is 5.70. The van der Waals surface area contributed by atoms with Gasteiger partial charge in [0.2, 0.25) is 0 Å². The van der Waals surface area contributed by atoms with E-state index in [9.17, 15) is 0 Å². The summed E-state index contributed by atoms with van der Waals surface area (Å²) < 4.78 is 0. The number of nitriles is 1. The van der Waals surface area contributed by atoms with Crippen molar-refractivity contribution < 1.29 is 0 Å². The molecular weight excluding hydrogens is 146 g/mol. The number of nitrogens with two attached hydrogens (primary N) is 1. The molecule has 3 nitrogen and oxygen atoms in total. The monoisotopic (exact) mass is 151 g/mol. The van der Waals surface area contributed by atoms with E-state index in [4.69, 9.17) is 16.4 Å². The maximum atomic E-state index is 7.89. The van der Waals surface area contributed by atoms with Gasteiger partial charge >= 0.3 is 0 Å². The lowest BCUT2D eigenvalue weighted by Crippen LogP contribution is -2.03. The molecular formula is C3H6ClN3S. The molecule has 0 saturated heterocycles. The average Bonchev–Trinajstić information content (AvgIpc) is 1.61. The highest BCUT2D eigenvalue weighted by Gasteiger charge is 1.83. The predicted molar refractivity (Wildman–Crippen MR) is 37.2 cm³/mol. The van der Waals surface area contributed by atoms with E-state index < -0.39 is 0 Å². The predicted octanol–water partition coefficient (Wildman–Crippen LogP) is 0.558. The summed E-state index contributed by atoms with van der Waals surface area (Å²) in [6.07, 6.45) is 0. The number of nitrogens with zero attached hydrogens (tertiary/aromatic N) is 1. The Morgan fingerprint density at radius 2 is 2.38 bits per heavy atom. The van der Waals surface area contributed by atoms with Gasteiger partial charge in [-0.1, -0.05) is 11.8 Å². The Kier molecular flexibility index (Phi) is 8.71. The third kappa shape index (κ3) is 9.14. The molecule has 46 valence electrons. The number of hydrogen-bond donors (Lipinski definition) is 2. The van der Waals surface area contributed by atoms with Gasteiger partial charge < -0.3 is 5.73 Å². The van der Waals surface area contributed by atoms with Crippen LogP contribution in [-0.4, -0.2) is 10.9 Å². The van der Waals surface area contributed by atoms with E-state index in [0.717, 1.165) is 11.8 Å². The topological polar surface area (TPSA) is 73.7 Å². The van der Waals surface area contributed by atoms with Gasteiger partial charge in [-0.25, -0.2) is 0 Å². The zero-order valence-electron chi connectivity index (χ0n) is 4.05. The van der Waals surface area contributed by atoms with Crippen LogP contribution in [-0.2, 0) is 0 Å². The number of halogens is 1. The Labute approximate surface area is 58.2 Å². The minimum absolute atomic E-state index is 0. The summed E-state index contributed by atoms with van der Waals surface area (Å²) in [5, 5.41) is 14.5. The van der Waals surface area contributed by atoms with Crippen LogP contribution < -0.4 is 5.73 Å². The molecule has 0 fully saturated rings. The molecule has 8 heavy (non-hydrogen) atoms. The van der Waals surface area contributed by atoms with E-state index in [1.54, 1.807) is 0 Å². The Bertz CT molecular complexity index is 108. The molecule has 0 atom stereocenters. The molecule has 0 aromatic heterocycles. The van der Waals surface area contributed by atoms with Crippen LogP contribution in [0.15, 0.2) is 0 Å². The van der Waals surface area contributed by atoms with Crippen LogP contribution in [0.25, 0.3) is 0 Å². The Hall–Kier alpha value is -0.400. The van der Waals surface area contributed by atoms with Gasteiger partial charge in [0.15, 0.2) is 5.17 Å².